The van der Waals surface area contributed by atoms with Crippen molar-refractivity contribution in [1.29, 1.82) is 0 Å². The van der Waals surface area contributed by atoms with Crippen molar-refractivity contribution in [3.63, 3.8) is 0 Å². The fourth-order valence-corrected chi connectivity index (χ4v) is 4.77. The average Bonchev–Trinajstić information content (AvgIpc) is 2.65. The minimum Gasteiger partial charge on any atom is -0.379 e. The van der Waals surface area contributed by atoms with Crippen LogP contribution in [0, 0.1) is 17.8 Å². The standard InChI is InChI=1S/C23H46N2O/c1-5-7-21(4)26-19-6-8-22-9-13-24(14-10-22)17-18-25-15-11-23(12-16-25)20(2)3/h20-23H,5-19H2,1-4H3. The molecule has 0 aromatic heterocycles. The summed E-state index contributed by atoms with van der Waals surface area (Å²) in [6, 6.07) is 0. The third kappa shape index (κ3) is 8.27. The Bertz CT molecular complexity index is 344. The van der Waals surface area contributed by atoms with Gasteiger partial charge in [-0.25, -0.2) is 0 Å². The van der Waals surface area contributed by atoms with Crippen molar-refractivity contribution in [3.05, 3.63) is 0 Å². The molecule has 2 rings (SSSR count). The molecule has 3 nitrogen and oxygen atoms in total. The van der Waals surface area contributed by atoms with Crippen LogP contribution < -0.4 is 0 Å². The Morgan fingerprint density at radius 1 is 0.885 bits per heavy atom. The number of rotatable bonds is 11. The van der Waals surface area contributed by atoms with Crippen LogP contribution in [0.2, 0.25) is 0 Å². The Morgan fingerprint density at radius 2 is 1.46 bits per heavy atom. The van der Waals surface area contributed by atoms with E-state index in [0.717, 1.165) is 24.4 Å². The Labute approximate surface area is 163 Å². The van der Waals surface area contributed by atoms with Gasteiger partial charge in [0.2, 0.25) is 0 Å². The molecule has 2 saturated heterocycles. The van der Waals surface area contributed by atoms with E-state index in [1.165, 1.54) is 90.6 Å². The Kier molecular flexibility index (Phi) is 10.5. The molecule has 0 radical (unpaired) electrons. The van der Waals surface area contributed by atoms with Gasteiger partial charge in [-0.1, -0.05) is 27.2 Å². The molecule has 0 aromatic rings. The highest BCUT2D eigenvalue weighted by molar-refractivity contribution is 4.77. The lowest BCUT2D eigenvalue weighted by molar-refractivity contribution is 0.0526. The maximum Gasteiger partial charge on any atom is 0.0546 e. The average molecular weight is 367 g/mol. The maximum absolute atomic E-state index is 5.91. The molecule has 2 aliphatic rings. The largest absolute Gasteiger partial charge is 0.379 e. The summed E-state index contributed by atoms with van der Waals surface area (Å²) in [5, 5.41) is 0. The van der Waals surface area contributed by atoms with Crippen LogP contribution in [0.3, 0.4) is 0 Å². The van der Waals surface area contributed by atoms with Crippen LogP contribution in [-0.2, 0) is 4.74 Å². The number of ether oxygens (including phenoxy) is 1. The molecule has 1 unspecified atom stereocenters. The maximum atomic E-state index is 5.91. The van der Waals surface area contributed by atoms with Crippen molar-refractivity contribution in [2.75, 3.05) is 45.9 Å². The zero-order chi connectivity index (χ0) is 18.8. The SMILES string of the molecule is CCCC(C)OCCCC1CCN(CCN2CCC(C(C)C)CC2)CC1. The summed E-state index contributed by atoms with van der Waals surface area (Å²) >= 11 is 0. The van der Waals surface area contributed by atoms with Crippen molar-refractivity contribution >= 4 is 0 Å². The highest BCUT2D eigenvalue weighted by atomic mass is 16.5. The molecule has 0 aliphatic carbocycles. The second-order valence-electron chi connectivity index (χ2n) is 9.32. The predicted molar refractivity (Wildman–Crippen MR) is 113 cm³/mol. The summed E-state index contributed by atoms with van der Waals surface area (Å²) < 4.78 is 5.91. The van der Waals surface area contributed by atoms with Crippen LogP contribution in [0.5, 0.6) is 0 Å². The molecule has 2 aliphatic heterocycles. The van der Waals surface area contributed by atoms with E-state index in [4.69, 9.17) is 4.74 Å². The van der Waals surface area contributed by atoms with Gasteiger partial charge >= 0.3 is 0 Å². The van der Waals surface area contributed by atoms with Gasteiger partial charge in [0.25, 0.3) is 0 Å². The van der Waals surface area contributed by atoms with E-state index >= 15 is 0 Å². The van der Waals surface area contributed by atoms with E-state index in [9.17, 15) is 0 Å². The van der Waals surface area contributed by atoms with Crippen LogP contribution in [0.1, 0.15) is 79.1 Å². The molecule has 0 spiro atoms. The van der Waals surface area contributed by atoms with Gasteiger partial charge in [0, 0.05) is 19.7 Å². The van der Waals surface area contributed by atoms with Crippen LogP contribution in [0.15, 0.2) is 0 Å². The number of piperidine rings is 2. The molecule has 154 valence electrons. The van der Waals surface area contributed by atoms with Gasteiger partial charge in [0.15, 0.2) is 0 Å². The molecule has 0 aromatic carbocycles. The van der Waals surface area contributed by atoms with Crippen molar-refractivity contribution in [3.8, 4) is 0 Å². The van der Waals surface area contributed by atoms with Gasteiger partial charge in [-0.2, -0.15) is 0 Å². The number of hydrogen-bond acceptors (Lipinski definition) is 3. The van der Waals surface area contributed by atoms with E-state index < -0.39 is 0 Å². The van der Waals surface area contributed by atoms with Crippen LogP contribution in [0.4, 0.5) is 0 Å². The number of hydrogen-bond donors (Lipinski definition) is 0. The third-order valence-corrected chi connectivity index (χ3v) is 6.87. The minimum absolute atomic E-state index is 0.451. The first kappa shape index (κ1) is 22.2. The highest BCUT2D eigenvalue weighted by Crippen LogP contribution is 2.25. The van der Waals surface area contributed by atoms with Crippen molar-refractivity contribution < 1.29 is 4.74 Å². The van der Waals surface area contributed by atoms with Gasteiger partial charge in [-0.05, 0) is 95.8 Å². The molecule has 2 heterocycles. The second kappa shape index (κ2) is 12.4. The van der Waals surface area contributed by atoms with Crippen molar-refractivity contribution in [2.45, 2.75) is 85.2 Å². The van der Waals surface area contributed by atoms with Gasteiger partial charge in [-0.15, -0.1) is 0 Å². The molecule has 1 atom stereocenters. The first-order valence-electron chi connectivity index (χ1n) is 11.6. The van der Waals surface area contributed by atoms with E-state index in [1.807, 2.05) is 0 Å². The first-order chi connectivity index (χ1) is 12.6. The third-order valence-electron chi connectivity index (χ3n) is 6.87. The lowest BCUT2D eigenvalue weighted by Crippen LogP contribution is -2.42. The van der Waals surface area contributed by atoms with Gasteiger partial charge < -0.3 is 14.5 Å². The molecular formula is C23H46N2O. The zero-order valence-corrected chi connectivity index (χ0v) is 18.2. The lowest BCUT2D eigenvalue weighted by Gasteiger charge is -2.37. The van der Waals surface area contributed by atoms with Crippen LogP contribution in [-0.4, -0.2) is 61.8 Å². The fourth-order valence-electron chi connectivity index (χ4n) is 4.77. The van der Waals surface area contributed by atoms with E-state index in [0.29, 0.717) is 6.10 Å². The Morgan fingerprint density at radius 3 is 2.00 bits per heavy atom. The highest BCUT2D eigenvalue weighted by Gasteiger charge is 2.23. The van der Waals surface area contributed by atoms with E-state index in [1.54, 1.807) is 0 Å². The van der Waals surface area contributed by atoms with E-state index in [-0.39, 0.29) is 0 Å². The molecular weight excluding hydrogens is 320 g/mol. The normalized spacial score (nSPS) is 23.0. The van der Waals surface area contributed by atoms with Gasteiger partial charge in [-0.3, -0.25) is 0 Å². The zero-order valence-electron chi connectivity index (χ0n) is 18.2. The molecule has 0 amide bonds. The Balaban J connectivity index is 1.48. The molecule has 0 N–H and O–H groups in total. The Hall–Kier alpha value is -0.120. The summed E-state index contributed by atoms with van der Waals surface area (Å²) in [5.74, 6) is 2.78. The van der Waals surface area contributed by atoms with E-state index in [2.05, 4.69) is 37.5 Å². The quantitative estimate of drug-likeness (QED) is 0.476. The summed E-state index contributed by atoms with van der Waals surface area (Å²) in [4.78, 5) is 5.42. The molecule has 3 heteroatoms. The second-order valence-corrected chi connectivity index (χ2v) is 9.32. The van der Waals surface area contributed by atoms with Crippen LogP contribution >= 0.6 is 0 Å². The van der Waals surface area contributed by atoms with Crippen molar-refractivity contribution in [1.82, 2.24) is 9.80 Å². The minimum atomic E-state index is 0.451. The topological polar surface area (TPSA) is 15.7 Å². The monoisotopic (exact) mass is 366 g/mol. The first-order valence-corrected chi connectivity index (χ1v) is 11.6. The molecule has 2 fully saturated rings. The van der Waals surface area contributed by atoms with Crippen LogP contribution in [0.25, 0.3) is 0 Å². The predicted octanol–water partition coefficient (Wildman–Crippen LogP) is 5.05. The smallest absolute Gasteiger partial charge is 0.0546 e. The molecule has 26 heavy (non-hydrogen) atoms. The summed E-state index contributed by atoms with van der Waals surface area (Å²) in [6.07, 6.45) is 11.1. The lowest BCUT2D eigenvalue weighted by atomic mass is 9.87. The van der Waals surface area contributed by atoms with Gasteiger partial charge in [0.1, 0.15) is 0 Å². The fraction of sp³-hybridized carbons (Fsp3) is 1.00. The van der Waals surface area contributed by atoms with Gasteiger partial charge in [0.05, 0.1) is 6.10 Å². The summed E-state index contributed by atoms with van der Waals surface area (Å²) in [5.41, 5.74) is 0. The molecule has 0 saturated carbocycles. The molecule has 0 bridgehead atoms. The number of likely N-dealkylation sites (tertiary alicyclic amines) is 2. The number of nitrogens with zero attached hydrogens (tertiary/aromatic N) is 2. The summed E-state index contributed by atoms with van der Waals surface area (Å²) in [7, 11) is 0. The summed E-state index contributed by atoms with van der Waals surface area (Å²) in [6.45, 7) is 18.1. The van der Waals surface area contributed by atoms with Crippen molar-refractivity contribution in [2.24, 2.45) is 17.8 Å².